The van der Waals surface area contributed by atoms with E-state index in [0.29, 0.717) is 19.4 Å². The van der Waals surface area contributed by atoms with E-state index in [1.54, 1.807) is 20.8 Å². The number of hydrogen-bond acceptors (Lipinski definition) is 6. The summed E-state index contributed by atoms with van der Waals surface area (Å²) >= 11 is -1.53. The number of nitrogens with one attached hydrogen (secondary N) is 3. The van der Waals surface area contributed by atoms with E-state index in [4.69, 9.17) is 4.74 Å². The highest BCUT2D eigenvalue weighted by Crippen LogP contribution is 2.28. The molecular formula is C26H42N4O6S. The lowest BCUT2D eigenvalue weighted by Crippen LogP contribution is -2.60. The van der Waals surface area contributed by atoms with Crippen LogP contribution in [0.4, 0.5) is 4.79 Å². The molecule has 0 aromatic heterocycles. The second-order valence-corrected chi connectivity index (χ2v) is 13.1. The number of amides is 4. The second kappa shape index (κ2) is 12.3. The predicted molar refractivity (Wildman–Crippen MR) is 142 cm³/mol. The van der Waals surface area contributed by atoms with Gasteiger partial charge in [0.1, 0.15) is 29.0 Å². The first kappa shape index (κ1) is 30.7. The maximum Gasteiger partial charge on any atom is 0.408 e. The van der Waals surface area contributed by atoms with Gasteiger partial charge in [-0.05, 0) is 39.0 Å². The minimum Gasteiger partial charge on any atom is -0.593 e. The highest BCUT2D eigenvalue weighted by Gasteiger charge is 2.44. The van der Waals surface area contributed by atoms with Gasteiger partial charge in [0, 0.05) is 25.3 Å². The van der Waals surface area contributed by atoms with Gasteiger partial charge in [0.25, 0.3) is 5.91 Å². The molecule has 4 amide bonds. The van der Waals surface area contributed by atoms with E-state index in [2.05, 4.69) is 28.5 Å². The highest BCUT2D eigenvalue weighted by atomic mass is 32.2. The van der Waals surface area contributed by atoms with E-state index in [1.807, 2.05) is 20.8 Å². The van der Waals surface area contributed by atoms with Gasteiger partial charge >= 0.3 is 6.09 Å². The quantitative estimate of drug-likeness (QED) is 0.288. The molecule has 2 fully saturated rings. The van der Waals surface area contributed by atoms with E-state index in [0.717, 1.165) is 12.8 Å². The van der Waals surface area contributed by atoms with E-state index in [1.165, 1.54) is 17.1 Å². The summed E-state index contributed by atoms with van der Waals surface area (Å²) in [5, 5.41) is 5.33. The first-order chi connectivity index (χ1) is 17.1. The van der Waals surface area contributed by atoms with E-state index in [9.17, 15) is 23.7 Å². The number of ether oxygens (including phenoxy) is 1. The first-order valence-electron chi connectivity index (χ1n) is 12.7. The van der Waals surface area contributed by atoms with Gasteiger partial charge in [0.2, 0.25) is 11.8 Å². The van der Waals surface area contributed by atoms with Crippen molar-refractivity contribution < 1.29 is 28.5 Å². The molecule has 1 saturated heterocycles. The lowest BCUT2D eigenvalue weighted by atomic mass is 9.85. The molecule has 0 aromatic carbocycles. The number of carbonyl (C=O) groups is 4. The van der Waals surface area contributed by atoms with Gasteiger partial charge < -0.3 is 24.8 Å². The van der Waals surface area contributed by atoms with Gasteiger partial charge in [-0.1, -0.05) is 32.9 Å². The highest BCUT2D eigenvalue weighted by molar-refractivity contribution is 7.90. The Morgan fingerprint density at radius 3 is 2.11 bits per heavy atom. The van der Waals surface area contributed by atoms with Crippen molar-refractivity contribution in [3.8, 4) is 0 Å². The first-order valence-corrected chi connectivity index (χ1v) is 13.9. The third-order valence-corrected chi connectivity index (χ3v) is 7.63. The molecule has 0 radical (unpaired) electrons. The van der Waals surface area contributed by atoms with Crippen LogP contribution in [-0.2, 0) is 30.5 Å². The lowest BCUT2D eigenvalue weighted by molar-refractivity contribution is -0.142. The van der Waals surface area contributed by atoms with Crippen molar-refractivity contribution in [1.82, 2.24) is 20.3 Å². The fraction of sp³-hybridized carbons (Fsp3) is 0.692. The molecule has 10 nitrogen and oxygen atoms in total. The number of hydrogen-bond donors (Lipinski definition) is 3. The Kier molecular flexibility index (Phi) is 10.2. The molecule has 3 N–H and O–H groups in total. The monoisotopic (exact) mass is 538 g/mol. The van der Waals surface area contributed by atoms with Crippen molar-refractivity contribution in [1.29, 1.82) is 0 Å². The summed E-state index contributed by atoms with van der Waals surface area (Å²) in [6.45, 7) is 18.4. The molecule has 2 aliphatic rings. The van der Waals surface area contributed by atoms with Crippen molar-refractivity contribution in [2.45, 2.75) is 96.2 Å². The van der Waals surface area contributed by atoms with E-state index >= 15 is 0 Å². The Balaban J connectivity index is 2.19. The second-order valence-electron chi connectivity index (χ2n) is 11.6. The standard InChI is InChI=1S/C26H42N4O6S/c1-9-16(10-2)19(22(32)29-37(35)17-13-14-17)27-21(31)18-12-11-15-30(18)23(33)20(25(3,4)5)28-24(34)36-26(6,7)8/h9-10,16-20H,1-2,11-15H2,3-8H3,(H,27,31)(H,28,34)(H,29,32)/t18-,19+,20+,37?/m0/s1. The van der Waals surface area contributed by atoms with Crippen LogP contribution in [0.2, 0.25) is 0 Å². The largest absolute Gasteiger partial charge is 0.593 e. The van der Waals surface area contributed by atoms with Gasteiger partial charge in [0.05, 0.1) is 11.4 Å². The zero-order valence-corrected chi connectivity index (χ0v) is 23.6. The fourth-order valence-corrected chi connectivity index (χ4v) is 5.08. The zero-order chi connectivity index (χ0) is 28.1. The van der Waals surface area contributed by atoms with Crippen LogP contribution in [0, 0.1) is 11.3 Å². The lowest BCUT2D eigenvalue weighted by Gasteiger charge is -2.36. The minimum atomic E-state index is -1.53. The number of rotatable bonds is 10. The summed E-state index contributed by atoms with van der Waals surface area (Å²) in [7, 11) is 0. The maximum atomic E-state index is 13.6. The third-order valence-electron chi connectivity index (χ3n) is 6.15. The molecule has 1 unspecified atom stereocenters. The van der Waals surface area contributed by atoms with Gasteiger partial charge in [-0.25, -0.2) is 4.79 Å². The smallest absolute Gasteiger partial charge is 0.408 e. The van der Waals surface area contributed by atoms with Crippen molar-refractivity contribution in [2.75, 3.05) is 6.54 Å². The summed E-state index contributed by atoms with van der Waals surface area (Å²) < 4.78 is 20.1. The Hall–Kier alpha value is -2.53. The van der Waals surface area contributed by atoms with Crippen LogP contribution in [0.1, 0.15) is 67.2 Å². The van der Waals surface area contributed by atoms with Gasteiger partial charge in [-0.15, -0.1) is 13.2 Å². The van der Waals surface area contributed by atoms with Crippen molar-refractivity contribution in [3.63, 3.8) is 0 Å². The van der Waals surface area contributed by atoms with Crippen molar-refractivity contribution >= 4 is 35.2 Å². The average molecular weight is 539 g/mol. The summed E-state index contributed by atoms with van der Waals surface area (Å²) in [6.07, 6.45) is 4.79. The van der Waals surface area contributed by atoms with Crippen molar-refractivity contribution in [2.24, 2.45) is 11.3 Å². The summed E-state index contributed by atoms with van der Waals surface area (Å²) in [5.74, 6) is -2.13. The minimum absolute atomic E-state index is 0.0686. The van der Waals surface area contributed by atoms with E-state index in [-0.39, 0.29) is 5.25 Å². The van der Waals surface area contributed by atoms with Crippen LogP contribution in [0.3, 0.4) is 0 Å². The molecule has 1 aliphatic heterocycles. The molecule has 2 rings (SSSR count). The molecule has 4 atom stereocenters. The SMILES string of the molecule is C=CC(C=C)[C@@H](NC(=O)[C@@H]1CCCN1C(=O)[C@@H](NC(=O)OC(C)(C)C)C(C)(C)C)C(=O)N[S+]([O-])C1CC1. The van der Waals surface area contributed by atoms with Crippen LogP contribution in [-0.4, -0.2) is 68.8 Å². The molecule has 0 aromatic rings. The van der Waals surface area contributed by atoms with Crippen molar-refractivity contribution in [3.05, 3.63) is 25.3 Å². The molecule has 1 heterocycles. The normalized spacial score (nSPS) is 20.4. The Bertz CT molecular complexity index is 884. The molecule has 0 bridgehead atoms. The molecule has 11 heteroatoms. The van der Waals surface area contributed by atoms with Crippen LogP contribution in [0.5, 0.6) is 0 Å². The molecule has 37 heavy (non-hydrogen) atoms. The zero-order valence-electron chi connectivity index (χ0n) is 22.8. The predicted octanol–water partition coefficient (Wildman–Crippen LogP) is 2.33. The Morgan fingerprint density at radius 1 is 1.03 bits per heavy atom. The summed E-state index contributed by atoms with van der Waals surface area (Å²) in [6, 6.07) is -2.86. The number of carbonyl (C=O) groups excluding carboxylic acids is 4. The summed E-state index contributed by atoms with van der Waals surface area (Å²) in [4.78, 5) is 53.9. The number of alkyl carbamates (subject to hydrolysis) is 1. The molecule has 0 spiro atoms. The Morgan fingerprint density at radius 2 is 1.62 bits per heavy atom. The molecule has 1 aliphatic carbocycles. The fourth-order valence-electron chi connectivity index (χ4n) is 4.03. The Labute approximate surface area is 223 Å². The summed E-state index contributed by atoms with van der Waals surface area (Å²) in [5.41, 5.74) is -1.40. The average Bonchev–Trinajstić information content (AvgIpc) is 3.51. The van der Waals surface area contributed by atoms with Crippen LogP contribution >= 0.6 is 0 Å². The third kappa shape index (κ3) is 8.77. The van der Waals surface area contributed by atoms with Gasteiger partial charge in [0.15, 0.2) is 0 Å². The topological polar surface area (TPSA) is 140 Å². The number of likely N-dealkylation sites (tertiary alicyclic amines) is 1. The van der Waals surface area contributed by atoms with Gasteiger partial charge in [-0.3, -0.25) is 14.4 Å². The van der Waals surface area contributed by atoms with Crippen LogP contribution in [0.25, 0.3) is 0 Å². The number of nitrogens with zero attached hydrogens (tertiary/aromatic N) is 1. The maximum absolute atomic E-state index is 13.6. The molecule has 208 valence electrons. The molecular weight excluding hydrogens is 496 g/mol. The van der Waals surface area contributed by atoms with Crippen LogP contribution < -0.4 is 15.4 Å². The van der Waals surface area contributed by atoms with E-state index < -0.39 is 70.2 Å². The molecule has 1 saturated carbocycles. The van der Waals surface area contributed by atoms with Gasteiger partial charge in [-0.2, -0.15) is 4.72 Å². The van der Waals surface area contributed by atoms with Crippen LogP contribution in [0.15, 0.2) is 25.3 Å².